The second-order valence-electron chi connectivity index (χ2n) is 3.89. The summed E-state index contributed by atoms with van der Waals surface area (Å²) in [5.74, 6) is 0.702. The highest BCUT2D eigenvalue weighted by Crippen LogP contribution is 2.25. The van der Waals surface area contributed by atoms with E-state index in [1.165, 1.54) is 24.6 Å². The van der Waals surface area contributed by atoms with Gasteiger partial charge in [0.05, 0.1) is 5.75 Å². The number of aromatic nitrogens is 2. The van der Waals surface area contributed by atoms with Crippen LogP contribution in [0.1, 0.15) is 6.23 Å². The first kappa shape index (κ1) is 12.8. The summed E-state index contributed by atoms with van der Waals surface area (Å²) >= 11 is 0. The third-order valence-electron chi connectivity index (χ3n) is 2.39. The molecular weight excluding hydrogens is 258 g/mol. The maximum absolute atomic E-state index is 11.6. The largest absolute Gasteiger partial charge is 0.470 e. The molecule has 1 unspecified atom stereocenters. The molecule has 3 N–H and O–H groups in total. The predicted molar refractivity (Wildman–Crippen MR) is 66.1 cm³/mol. The summed E-state index contributed by atoms with van der Waals surface area (Å²) in [7, 11) is -1.08. The average molecular weight is 271 g/mol. The lowest BCUT2D eigenvalue weighted by Crippen LogP contribution is -2.32. The smallest absolute Gasteiger partial charge is 0.352 e. The van der Waals surface area contributed by atoms with E-state index in [9.17, 15) is 14.1 Å². The van der Waals surface area contributed by atoms with E-state index in [1.807, 2.05) is 0 Å². The van der Waals surface area contributed by atoms with E-state index in [-0.39, 0.29) is 11.6 Å². The predicted octanol–water partition coefficient (Wildman–Crippen LogP) is -1.02. The van der Waals surface area contributed by atoms with Crippen LogP contribution in [0.4, 0.5) is 5.82 Å². The lowest BCUT2D eigenvalue weighted by molar-refractivity contribution is -0.00157. The first-order valence-electron chi connectivity index (χ1n) is 5.17. The van der Waals surface area contributed by atoms with Gasteiger partial charge in [-0.15, -0.1) is 0 Å². The summed E-state index contributed by atoms with van der Waals surface area (Å²) in [6.45, 7) is 0. The van der Waals surface area contributed by atoms with Crippen LogP contribution in [0.15, 0.2) is 28.9 Å². The number of rotatable bonds is 3. The zero-order chi connectivity index (χ0) is 13.3. The zero-order valence-corrected chi connectivity index (χ0v) is 10.5. The molecule has 0 aliphatic carbocycles. The molecule has 98 valence electrons. The van der Waals surface area contributed by atoms with Gasteiger partial charge in [0.2, 0.25) is 6.23 Å². The van der Waals surface area contributed by atoms with Crippen LogP contribution >= 0.6 is 0 Å². The standard InChI is InChI=1S/C10H13N3O4S/c1-18(16)5-6-4-7(14)9(17-6)13-3-2-8(11)12-10(13)15/h2-4,7,9,14H,5H2,1H3,(H2,11,12,15)/t7-,9-,18?/m1/s1. The van der Waals surface area contributed by atoms with Gasteiger partial charge in [-0.3, -0.25) is 8.78 Å². The van der Waals surface area contributed by atoms with Gasteiger partial charge in [-0.1, -0.05) is 0 Å². The van der Waals surface area contributed by atoms with E-state index in [4.69, 9.17) is 10.5 Å². The minimum Gasteiger partial charge on any atom is -0.470 e. The minimum absolute atomic E-state index is 0.103. The summed E-state index contributed by atoms with van der Waals surface area (Å²) in [6.07, 6.45) is 2.50. The number of nitrogens with two attached hydrogens (primary N) is 1. The number of aliphatic hydroxyl groups is 1. The highest BCUT2D eigenvalue weighted by molar-refractivity contribution is 7.84. The van der Waals surface area contributed by atoms with Crippen molar-refractivity contribution in [2.75, 3.05) is 17.7 Å². The van der Waals surface area contributed by atoms with E-state index in [2.05, 4.69) is 4.98 Å². The van der Waals surface area contributed by atoms with Crippen LogP contribution in [0.25, 0.3) is 0 Å². The van der Waals surface area contributed by atoms with Crippen LogP contribution in [0, 0.1) is 0 Å². The molecule has 0 radical (unpaired) electrons. The highest BCUT2D eigenvalue weighted by atomic mass is 32.2. The van der Waals surface area contributed by atoms with Gasteiger partial charge in [0, 0.05) is 23.3 Å². The Morgan fingerprint density at radius 3 is 3.00 bits per heavy atom. The van der Waals surface area contributed by atoms with Crippen molar-refractivity contribution in [1.29, 1.82) is 0 Å². The maximum Gasteiger partial charge on any atom is 0.352 e. The molecule has 2 rings (SSSR count). The van der Waals surface area contributed by atoms with E-state index in [1.54, 1.807) is 0 Å². The highest BCUT2D eigenvalue weighted by Gasteiger charge is 2.30. The fraction of sp³-hybridized carbons (Fsp3) is 0.400. The first-order chi connectivity index (χ1) is 8.47. The molecule has 0 spiro atoms. The second-order valence-corrected chi connectivity index (χ2v) is 5.33. The zero-order valence-electron chi connectivity index (χ0n) is 9.65. The molecule has 2 heterocycles. The van der Waals surface area contributed by atoms with Crippen molar-refractivity contribution < 1.29 is 14.1 Å². The number of hydrogen-bond acceptors (Lipinski definition) is 6. The van der Waals surface area contributed by atoms with E-state index < -0.39 is 28.8 Å². The fourth-order valence-electron chi connectivity index (χ4n) is 1.66. The van der Waals surface area contributed by atoms with Crippen LogP contribution in [-0.4, -0.2) is 37.0 Å². The van der Waals surface area contributed by atoms with E-state index in [0.717, 1.165) is 4.57 Å². The van der Waals surface area contributed by atoms with Crippen LogP contribution < -0.4 is 11.4 Å². The van der Waals surface area contributed by atoms with Gasteiger partial charge in [0.25, 0.3) is 0 Å². The summed E-state index contributed by atoms with van der Waals surface area (Å²) in [6, 6.07) is 1.44. The number of anilines is 1. The molecule has 8 heteroatoms. The molecule has 1 aromatic heterocycles. The molecule has 1 aromatic rings. The minimum atomic E-state index is -1.08. The monoisotopic (exact) mass is 271 g/mol. The Labute approximate surface area is 105 Å². The number of aliphatic hydroxyl groups excluding tert-OH is 1. The third-order valence-corrected chi connectivity index (χ3v) is 3.08. The lowest BCUT2D eigenvalue weighted by atomic mass is 10.3. The van der Waals surface area contributed by atoms with Crippen LogP contribution in [0.2, 0.25) is 0 Å². The van der Waals surface area contributed by atoms with Gasteiger partial charge in [-0.05, 0) is 12.1 Å². The van der Waals surface area contributed by atoms with Crippen molar-refractivity contribution in [3.63, 3.8) is 0 Å². The van der Waals surface area contributed by atoms with Crippen molar-refractivity contribution in [3.8, 4) is 0 Å². The molecule has 0 bridgehead atoms. The maximum atomic E-state index is 11.6. The molecule has 7 nitrogen and oxygen atoms in total. The summed E-state index contributed by atoms with van der Waals surface area (Å²) in [4.78, 5) is 15.1. The van der Waals surface area contributed by atoms with Crippen molar-refractivity contribution in [2.45, 2.75) is 12.3 Å². The van der Waals surface area contributed by atoms with Gasteiger partial charge in [0.1, 0.15) is 17.7 Å². The molecule has 3 atom stereocenters. The SMILES string of the molecule is CS(=O)CC1=C[C@@H](O)[C@H](n2ccc(N)nc2=O)O1. The molecule has 1 aliphatic rings. The molecule has 0 amide bonds. The Morgan fingerprint density at radius 1 is 1.67 bits per heavy atom. The topological polar surface area (TPSA) is 107 Å². The first-order valence-corrected chi connectivity index (χ1v) is 6.90. The fourth-order valence-corrected chi connectivity index (χ4v) is 2.23. The molecule has 18 heavy (non-hydrogen) atoms. The number of hydrogen-bond donors (Lipinski definition) is 2. The Morgan fingerprint density at radius 2 is 2.39 bits per heavy atom. The summed E-state index contributed by atoms with van der Waals surface area (Å²) in [5.41, 5.74) is 4.77. The normalized spacial score (nSPS) is 24.4. The van der Waals surface area contributed by atoms with Crippen LogP contribution in [0.5, 0.6) is 0 Å². The van der Waals surface area contributed by atoms with Crippen LogP contribution in [-0.2, 0) is 15.5 Å². The lowest BCUT2D eigenvalue weighted by Gasteiger charge is -2.17. The van der Waals surface area contributed by atoms with Gasteiger partial charge < -0.3 is 15.6 Å². The van der Waals surface area contributed by atoms with Crippen molar-refractivity contribution in [3.05, 3.63) is 34.6 Å². The number of nitrogen functional groups attached to an aromatic ring is 1. The number of nitrogens with zero attached hydrogens (tertiary/aromatic N) is 2. The Bertz CT molecular complexity index is 568. The second kappa shape index (κ2) is 4.91. The molecule has 0 aromatic carbocycles. The van der Waals surface area contributed by atoms with Gasteiger partial charge in [0.15, 0.2) is 0 Å². The van der Waals surface area contributed by atoms with Crippen molar-refractivity contribution in [2.24, 2.45) is 0 Å². The Kier molecular flexibility index (Phi) is 3.48. The molecule has 0 fully saturated rings. The van der Waals surface area contributed by atoms with Gasteiger partial charge in [-0.25, -0.2) is 4.79 Å². The molecule has 0 saturated carbocycles. The average Bonchev–Trinajstić information content (AvgIpc) is 2.58. The summed E-state index contributed by atoms with van der Waals surface area (Å²) in [5, 5.41) is 9.80. The summed E-state index contributed by atoms with van der Waals surface area (Å²) < 4.78 is 17.6. The van der Waals surface area contributed by atoms with E-state index >= 15 is 0 Å². The molecule has 1 aliphatic heterocycles. The van der Waals surface area contributed by atoms with E-state index in [0.29, 0.717) is 5.76 Å². The van der Waals surface area contributed by atoms with Crippen LogP contribution in [0.3, 0.4) is 0 Å². The number of ether oxygens (including phenoxy) is 1. The third kappa shape index (κ3) is 2.59. The Balaban J connectivity index is 2.22. The molecular formula is C10H13N3O4S. The Hall–Kier alpha value is -1.67. The van der Waals surface area contributed by atoms with Gasteiger partial charge in [-0.2, -0.15) is 4.98 Å². The molecule has 0 saturated heterocycles. The quantitative estimate of drug-likeness (QED) is 0.728. The van der Waals surface area contributed by atoms with Crippen molar-refractivity contribution >= 4 is 16.6 Å². The van der Waals surface area contributed by atoms with Gasteiger partial charge >= 0.3 is 5.69 Å². The van der Waals surface area contributed by atoms with Crippen molar-refractivity contribution in [1.82, 2.24) is 9.55 Å².